The summed E-state index contributed by atoms with van der Waals surface area (Å²) in [4.78, 5) is 17.1. The third-order valence-corrected chi connectivity index (χ3v) is 4.89. The molecule has 1 amide bonds. The number of carbonyl (C=O) groups is 1. The Balaban J connectivity index is 1.78. The molecule has 0 radical (unpaired) electrons. The van der Waals surface area contributed by atoms with Crippen molar-refractivity contribution in [2.45, 2.75) is 19.4 Å². The monoisotopic (exact) mass is 409 g/mol. The minimum atomic E-state index is -0.609. The second-order valence-electron chi connectivity index (χ2n) is 6.73. The fraction of sp³-hybridized carbons (Fsp3) is 0.217. The number of anilines is 1. The molecule has 1 aromatic heterocycles. The summed E-state index contributed by atoms with van der Waals surface area (Å²) in [5.41, 5.74) is 3.67. The van der Waals surface area contributed by atoms with Crippen LogP contribution in [0, 0.1) is 6.92 Å². The quantitative estimate of drug-likeness (QED) is 0.572. The van der Waals surface area contributed by atoms with Crippen LogP contribution in [0.1, 0.15) is 22.7 Å². The Morgan fingerprint density at radius 1 is 1.14 bits per heavy atom. The van der Waals surface area contributed by atoms with Crippen molar-refractivity contribution in [3.05, 3.63) is 88.7 Å². The van der Waals surface area contributed by atoms with Gasteiger partial charge in [0.1, 0.15) is 11.8 Å². The highest BCUT2D eigenvalue weighted by Gasteiger charge is 2.22. The zero-order valence-electron chi connectivity index (χ0n) is 16.5. The number of pyridine rings is 1. The molecule has 1 heterocycles. The Bertz CT molecular complexity index is 963. The molecule has 150 valence electrons. The lowest BCUT2D eigenvalue weighted by Crippen LogP contribution is -2.34. The third kappa shape index (κ3) is 5.72. The van der Waals surface area contributed by atoms with Gasteiger partial charge in [-0.25, -0.2) is 0 Å². The van der Waals surface area contributed by atoms with Crippen molar-refractivity contribution < 1.29 is 9.53 Å². The summed E-state index contributed by atoms with van der Waals surface area (Å²) in [5, 5.41) is 6.87. The summed E-state index contributed by atoms with van der Waals surface area (Å²) in [5.74, 6) is 0.554. The molecule has 0 aliphatic rings. The van der Waals surface area contributed by atoms with Gasteiger partial charge in [0.15, 0.2) is 0 Å². The molecule has 0 fully saturated rings. The zero-order chi connectivity index (χ0) is 20.6. The third-order valence-electron chi connectivity index (χ3n) is 4.58. The van der Waals surface area contributed by atoms with Gasteiger partial charge in [-0.3, -0.25) is 9.78 Å². The molecule has 0 saturated heterocycles. The number of ether oxygens (including phenoxy) is 1. The van der Waals surface area contributed by atoms with Crippen LogP contribution in [0.3, 0.4) is 0 Å². The highest BCUT2D eigenvalue weighted by atomic mass is 35.5. The number of hydrogen-bond donors (Lipinski definition) is 2. The van der Waals surface area contributed by atoms with Crippen molar-refractivity contribution in [2.24, 2.45) is 0 Å². The van der Waals surface area contributed by atoms with Crippen molar-refractivity contribution >= 4 is 23.2 Å². The van der Waals surface area contributed by atoms with E-state index in [0.29, 0.717) is 23.0 Å². The van der Waals surface area contributed by atoms with Crippen LogP contribution < -0.4 is 15.4 Å². The summed E-state index contributed by atoms with van der Waals surface area (Å²) in [7, 11) is 1.60. The molecular weight excluding hydrogens is 386 g/mol. The van der Waals surface area contributed by atoms with Crippen molar-refractivity contribution in [1.82, 2.24) is 10.3 Å². The standard InChI is InChI=1S/C23H24ClN3O2/c1-16-6-7-21(20(24)14-16)27-22(18-4-3-5-19(15-18)29-2)23(28)26-13-10-17-8-11-25-12-9-17/h3-9,11-12,14-15,22,27H,10,13H2,1-2H3,(H,26,28). The van der Waals surface area contributed by atoms with Crippen LogP contribution in [0.2, 0.25) is 5.02 Å². The molecule has 6 heteroatoms. The summed E-state index contributed by atoms with van der Waals surface area (Å²) >= 11 is 6.38. The summed E-state index contributed by atoms with van der Waals surface area (Å²) in [6.45, 7) is 2.49. The zero-order valence-corrected chi connectivity index (χ0v) is 17.2. The first-order valence-electron chi connectivity index (χ1n) is 9.40. The first kappa shape index (κ1) is 20.7. The van der Waals surface area contributed by atoms with Crippen LogP contribution in [0.5, 0.6) is 5.75 Å². The van der Waals surface area contributed by atoms with E-state index in [2.05, 4.69) is 15.6 Å². The summed E-state index contributed by atoms with van der Waals surface area (Å²) < 4.78 is 5.32. The van der Waals surface area contributed by atoms with Gasteiger partial charge in [-0.1, -0.05) is 29.8 Å². The van der Waals surface area contributed by atoms with Gasteiger partial charge in [0.2, 0.25) is 5.91 Å². The number of aromatic nitrogens is 1. The Labute approximate surface area is 176 Å². The molecule has 1 unspecified atom stereocenters. The van der Waals surface area contributed by atoms with Crippen molar-refractivity contribution in [2.75, 3.05) is 19.0 Å². The van der Waals surface area contributed by atoms with Gasteiger partial charge in [0.05, 0.1) is 17.8 Å². The summed E-state index contributed by atoms with van der Waals surface area (Å²) in [6, 6.07) is 16.4. The SMILES string of the molecule is COc1cccc(C(Nc2ccc(C)cc2Cl)C(=O)NCCc2ccncc2)c1. The van der Waals surface area contributed by atoms with E-state index in [-0.39, 0.29) is 5.91 Å². The number of nitrogens with one attached hydrogen (secondary N) is 2. The van der Waals surface area contributed by atoms with E-state index in [1.54, 1.807) is 19.5 Å². The van der Waals surface area contributed by atoms with Crippen LogP contribution in [0.25, 0.3) is 0 Å². The predicted octanol–water partition coefficient (Wildman–Crippen LogP) is 4.56. The number of aryl methyl sites for hydroxylation is 1. The van der Waals surface area contributed by atoms with E-state index in [1.165, 1.54) is 0 Å². The number of hydrogen-bond acceptors (Lipinski definition) is 4. The van der Waals surface area contributed by atoms with Crippen LogP contribution in [0.15, 0.2) is 67.0 Å². The van der Waals surface area contributed by atoms with E-state index in [9.17, 15) is 4.79 Å². The lowest BCUT2D eigenvalue weighted by atomic mass is 10.0. The number of halogens is 1. The fourth-order valence-corrected chi connectivity index (χ4v) is 3.29. The van der Waals surface area contributed by atoms with Crippen molar-refractivity contribution in [3.63, 3.8) is 0 Å². The molecule has 0 aliphatic carbocycles. The maximum Gasteiger partial charge on any atom is 0.247 e. The highest BCUT2D eigenvalue weighted by molar-refractivity contribution is 6.33. The van der Waals surface area contributed by atoms with E-state index >= 15 is 0 Å². The van der Waals surface area contributed by atoms with Gasteiger partial charge in [0, 0.05) is 18.9 Å². The summed E-state index contributed by atoms with van der Waals surface area (Å²) in [6.07, 6.45) is 4.22. The maximum absolute atomic E-state index is 13.0. The minimum absolute atomic E-state index is 0.135. The molecule has 3 aromatic rings. The van der Waals surface area contributed by atoms with Gasteiger partial charge < -0.3 is 15.4 Å². The second kappa shape index (κ2) is 9.94. The van der Waals surface area contributed by atoms with Crippen molar-refractivity contribution in [3.8, 4) is 5.75 Å². The average Bonchev–Trinajstić information content (AvgIpc) is 2.74. The van der Waals surface area contributed by atoms with Gasteiger partial charge in [-0.05, 0) is 66.4 Å². The van der Waals surface area contributed by atoms with Gasteiger partial charge in [0.25, 0.3) is 0 Å². The highest BCUT2D eigenvalue weighted by Crippen LogP contribution is 2.28. The molecule has 2 N–H and O–H groups in total. The van der Waals surface area contributed by atoms with E-state index in [1.807, 2.05) is 61.5 Å². The Kier molecular flexibility index (Phi) is 7.09. The number of amides is 1. The number of nitrogens with zero attached hydrogens (tertiary/aromatic N) is 1. The number of methoxy groups -OCH3 is 1. The molecule has 0 spiro atoms. The van der Waals surface area contributed by atoms with Crippen LogP contribution in [-0.2, 0) is 11.2 Å². The second-order valence-corrected chi connectivity index (χ2v) is 7.14. The van der Waals surface area contributed by atoms with E-state index in [4.69, 9.17) is 16.3 Å². The molecule has 1 atom stereocenters. The molecule has 3 rings (SSSR count). The van der Waals surface area contributed by atoms with Crippen LogP contribution >= 0.6 is 11.6 Å². The number of rotatable bonds is 8. The van der Waals surface area contributed by atoms with E-state index in [0.717, 1.165) is 23.1 Å². The predicted molar refractivity (Wildman–Crippen MR) is 116 cm³/mol. The molecule has 29 heavy (non-hydrogen) atoms. The van der Waals surface area contributed by atoms with Gasteiger partial charge in [-0.2, -0.15) is 0 Å². The Morgan fingerprint density at radius 2 is 1.93 bits per heavy atom. The molecule has 2 aromatic carbocycles. The van der Waals surface area contributed by atoms with Crippen LogP contribution in [-0.4, -0.2) is 24.5 Å². The smallest absolute Gasteiger partial charge is 0.247 e. The Morgan fingerprint density at radius 3 is 2.66 bits per heavy atom. The Hall–Kier alpha value is -3.05. The lowest BCUT2D eigenvalue weighted by Gasteiger charge is -2.21. The van der Waals surface area contributed by atoms with Gasteiger partial charge >= 0.3 is 0 Å². The molecular formula is C23H24ClN3O2. The first-order valence-corrected chi connectivity index (χ1v) is 9.78. The minimum Gasteiger partial charge on any atom is -0.497 e. The van der Waals surface area contributed by atoms with Crippen LogP contribution in [0.4, 0.5) is 5.69 Å². The molecule has 5 nitrogen and oxygen atoms in total. The molecule has 0 saturated carbocycles. The number of benzene rings is 2. The molecule has 0 bridgehead atoms. The largest absolute Gasteiger partial charge is 0.497 e. The maximum atomic E-state index is 13.0. The first-order chi connectivity index (χ1) is 14.1. The average molecular weight is 410 g/mol. The lowest BCUT2D eigenvalue weighted by molar-refractivity contribution is -0.121. The van der Waals surface area contributed by atoms with E-state index < -0.39 is 6.04 Å². The fourth-order valence-electron chi connectivity index (χ4n) is 3.00. The normalized spacial score (nSPS) is 11.6. The topological polar surface area (TPSA) is 63.2 Å². The van der Waals surface area contributed by atoms with Crippen molar-refractivity contribution in [1.29, 1.82) is 0 Å². The molecule has 0 aliphatic heterocycles. The number of carbonyl (C=O) groups excluding carboxylic acids is 1. The van der Waals surface area contributed by atoms with Gasteiger partial charge in [-0.15, -0.1) is 0 Å².